The van der Waals surface area contributed by atoms with E-state index in [0.29, 0.717) is 0 Å². The van der Waals surface area contributed by atoms with Crippen LogP contribution in [-0.2, 0) is 9.47 Å². The van der Waals surface area contributed by atoms with Gasteiger partial charge in [0.05, 0.1) is 6.04 Å². The SMILES string of the molecule is CNC(=O)NC(C)C(OC)OC. The second-order valence-electron chi connectivity index (χ2n) is 2.35. The maximum atomic E-state index is 10.8. The molecule has 2 N–H and O–H groups in total. The standard InChI is InChI=1S/C7H16N2O3/c1-5(6(11-3)12-4)9-7(10)8-2/h5-6H,1-4H3,(H2,8,9,10). The lowest BCUT2D eigenvalue weighted by molar-refractivity contribution is -0.117. The number of amides is 2. The van der Waals surface area contributed by atoms with Gasteiger partial charge in [-0.1, -0.05) is 0 Å². The van der Waals surface area contributed by atoms with Crippen molar-refractivity contribution >= 4 is 6.03 Å². The lowest BCUT2D eigenvalue weighted by Crippen LogP contribution is -2.46. The number of methoxy groups -OCH3 is 2. The molecule has 1 atom stereocenters. The van der Waals surface area contributed by atoms with Crippen LogP contribution < -0.4 is 10.6 Å². The van der Waals surface area contributed by atoms with E-state index in [2.05, 4.69) is 10.6 Å². The van der Waals surface area contributed by atoms with Gasteiger partial charge in [0.25, 0.3) is 0 Å². The molecular weight excluding hydrogens is 160 g/mol. The summed E-state index contributed by atoms with van der Waals surface area (Å²) in [5, 5.41) is 5.07. The third-order valence-corrected chi connectivity index (χ3v) is 1.46. The number of nitrogens with one attached hydrogen (secondary N) is 2. The van der Waals surface area contributed by atoms with E-state index in [9.17, 15) is 4.79 Å². The highest BCUT2D eigenvalue weighted by atomic mass is 16.7. The number of carbonyl (C=O) groups excluding carboxylic acids is 1. The molecule has 0 aromatic rings. The van der Waals surface area contributed by atoms with E-state index in [1.807, 2.05) is 0 Å². The zero-order valence-electron chi connectivity index (χ0n) is 7.88. The summed E-state index contributed by atoms with van der Waals surface area (Å²) < 4.78 is 9.88. The maximum absolute atomic E-state index is 10.8. The minimum Gasteiger partial charge on any atom is -0.354 e. The number of rotatable bonds is 4. The molecule has 0 aliphatic carbocycles. The summed E-state index contributed by atoms with van der Waals surface area (Å²) in [4.78, 5) is 10.8. The highest BCUT2D eigenvalue weighted by Gasteiger charge is 2.16. The average Bonchev–Trinajstić information content (AvgIpc) is 2.06. The molecule has 72 valence electrons. The summed E-state index contributed by atoms with van der Waals surface area (Å²) in [5.41, 5.74) is 0. The minimum atomic E-state index is -0.415. The Balaban J connectivity index is 3.83. The molecule has 0 saturated carbocycles. The van der Waals surface area contributed by atoms with Crippen molar-refractivity contribution in [3.63, 3.8) is 0 Å². The van der Waals surface area contributed by atoms with Crippen LogP contribution in [0.1, 0.15) is 6.92 Å². The average molecular weight is 176 g/mol. The first-order valence-electron chi connectivity index (χ1n) is 3.69. The first kappa shape index (κ1) is 11.2. The molecule has 0 rings (SSSR count). The van der Waals surface area contributed by atoms with Crippen LogP contribution in [0.5, 0.6) is 0 Å². The number of urea groups is 1. The van der Waals surface area contributed by atoms with Crippen LogP contribution in [0, 0.1) is 0 Å². The molecule has 0 spiro atoms. The number of hydrogen-bond donors (Lipinski definition) is 2. The van der Waals surface area contributed by atoms with Crippen LogP contribution in [0.3, 0.4) is 0 Å². The molecule has 0 saturated heterocycles. The maximum Gasteiger partial charge on any atom is 0.314 e. The van der Waals surface area contributed by atoms with E-state index in [0.717, 1.165) is 0 Å². The summed E-state index contributed by atoms with van der Waals surface area (Å²) in [6.07, 6.45) is -0.415. The van der Waals surface area contributed by atoms with Crippen molar-refractivity contribution in [2.75, 3.05) is 21.3 Å². The zero-order valence-corrected chi connectivity index (χ0v) is 7.88. The molecule has 0 aliphatic heterocycles. The molecule has 0 aromatic carbocycles. The summed E-state index contributed by atoms with van der Waals surface area (Å²) in [5.74, 6) is 0. The van der Waals surface area contributed by atoms with Gasteiger partial charge in [-0.05, 0) is 6.92 Å². The third kappa shape index (κ3) is 3.54. The van der Waals surface area contributed by atoms with Crippen molar-refractivity contribution in [3.05, 3.63) is 0 Å². The van der Waals surface area contributed by atoms with Gasteiger partial charge in [0, 0.05) is 21.3 Å². The van der Waals surface area contributed by atoms with Crippen molar-refractivity contribution < 1.29 is 14.3 Å². The van der Waals surface area contributed by atoms with Crippen LogP contribution in [0.2, 0.25) is 0 Å². The Kier molecular flexibility index (Phi) is 5.40. The molecule has 0 radical (unpaired) electrons. The lowest BCUT2D eigenvalue weighted by atomic mass is 10.3. The summed E-state index contributed by atoms with van der Waals surface area (Å²) >= 11 is 0. The molecule has 0 fully saturated rings. The van der Waals surface area contributed by atoms with E-state index in [1.165, 1.54) is 14.2 Å². The quantitative estimate of drug-likeness (QED) is 0.589. The Bertz CT molecular complexity index is 137. The van der Waals surface area contributed by atoms with E-state index in [-0.39, 0.29) is 12.1 Å². The van der Waals surface area contributed by atoms with Crippen molar-refractivity contribution in [1.82, 2.24) is 10.6 Å². The Morgan fingerprint density at radius 1 is 1.33 bits per heavy atom. The summed E-state index contributed by atoms with van der Waals surface area (Å²) in [6, 6.07) is -0.429. The van der Waals surface area contributed by atoms with Gasteiger partial charge in [-0.3, -0.25) is 0 Å². The van der Waals surface area contributed by atoms with Gasteiger partial charge in [-0.2, -0.15) is 0 Å². The smallest absolute Gasteiger partial charge is 0.314 e. The van der Waals surface area contributed by atoms with Gasteiger partial charge in [0.1, 0.15) is 0 Å². The summed E-state index contributed by atoms with van der Waals surface area (Å²) in [7, 11) is 4.60. The predicted molar refractivity (Wildman–Crippen MR) is 44.9 cm³/mol. The highest BCUT2D eigenvalue weighted by molar-refractivity contribution is 5.73. The molecule has 0 heterocycles. The van der Waals surface area contributed by atoms with Crippen LogP contribution >= 0.6 is 0 Å². The molecule has 12 heavy (non-hydrogen) atoms. The van der Waals surface area contributed by atoms with Crippen molar-refractivity contribution in [2.24, 2.45) is 0 Å². The second kappa shape index (κ2) is 5.79. The molecule has 5 heteroatoms. The largest absolute Gasteiger partial charge is 0.354 e. The Morgan fingerprint density at radius 2 is 1.83 bits per heavy atom. The highest BCUT2D eigenvalue weighted by Crippen LogP contribution is 1.97. The number of carbonyl (C=O) groups is 1. The van der Waals surface area contributed by atoms with Gasteiger partial charge in [-0.25, -0.2) is 4.79 Å². The second-order valence-corrected chi connectivity index (χ2v) is 2.35. The normalized spacial score (nSPS) is 12.8. The Hall–Kier alpha value is -0.810. The van der Waals surface area contributed by atoms with Gasteiger partial charge in [0.2, 0.25) is 0 Å². The molecular formula is C7H16N2O3. The van der Waals surface area contributed by atoms with Crippen LogP contribution in [-0.4, -0.2) is 39.6 Å². The fourth-order valence-corrected chi connectivity index (χ4v) is 0.851. The fraction of sp³-hybridized carbons (Fsp3) is 0.857. The molecule has 0 aliphatic rings. The van der Waals surface area contributed by atoms with Crippen molar-refractivity contribution in [1.29, 1.82) is 0 Å². The first-order valence-corrected chi connectivity index (χ1v) is 3.69. The van der Waals surface area contributed by atoms with Crippen molar-refractivity contribution in [3.8, 4) is 0 Å². The van der Waals surface area contributed by atoms with Gasteiger partial charge >= 0.3 is 6.03 Å². The van der Waals surface area contributed by atoms with E-state index >= 15 is 0 Å². The summed E-state index contributed by atoms with van der Waals surface area (Å²) in [6.45, 7) is 1.80. The molecule has 1 unspecified atom stereocenters. The van der Waals surface area contributed by atoms with E-state index < -0.39 is 6.29 Å². The first-order chi connectivity index (χ1) is 5.65. The van der Waals surface area contributed by atoms with Crippen LogP contribution in [0.15, 0.2) is 0 Å². The van der Waals surface area contributed by atoms with Gasteiger partial charge in [-0.15, -0.1) is 0 Å². The zero-order chi connectivity index (χ0) is 9.56. The molecule has 5 nitrogen and oxygen atoms in total. The Labute approximate surface area is 72.4 Å². The van der Waals surface area contributed by atoms with Crippen LogP contribution in [0.25, 0.3) is 0 Å². The van der Waals surface area contributed by atoms with E-state index in [4.69, 9.17) is 9.47 Å². The number of hydrogen-bond acceptors (Lipinski definition) is 3. The Morgan fingerprint density at radius 3 is 2.17 bits per heavy atom. The van der Waals surface area contributed by atoms with E-state index in [1.54, 1.807) is 14.0 Å². The molecule has 2 amide bonds. The van der Waals surface area contributed by atoms with Gasteiger partial charge in [0.15, 0.2) is 6.29 Å². The minimum absolute atomic E-state index is 0.181. The predicted octanol–water partition coefficient (Wildman–Crippen LogP) is -0.0772. The van der Waals surface area contributed by atoms with Gasteiger partial charge < -0.3 is 20.1 Å². The van der Waals surface area contributed by atoms with Crippen molar-refractivity contribution in [2.45, 2.75) is 19.3 Å². The number of ether oxygens (including phenoxy) is 2. The lowest BCUT2D eigenvalue weighted by Gasteiger charge is -2.21. The monoisotopic (exact) mass is 176 g/mol. The molecule has 0 aromatic heterocycles. The van der Waals surface area contributed by atoms with Crippen LogP contribution in [0.4, 0.5) is 4.79 Å². The molecule has 0 bridgehead atoms. The fourth-order valence-electron chi connectivity index (χ4n) is 0.851. The topological polar surface area (TPSA) is 59.6 Å². The third-order valence-electron chi connectivity index (χ3n) is 1.46.